The zero-order chi connectivity index (χ0) is 15.8. The number of sulfonamides is 1. The Morgan fingerprint density at radius 2 is 2.14 bits per heavy atom. The van der Waals surface area contributed by atoms with Crippen LogP contribution in [0.2, 0.25) is 0 Å². The van der Waals surface area contributed by atoms with Gasteiger partial charge in [0.05, 0.1) is 12.7 Å². The second kappa shape index (κ2) is 5.90. The molecular weight excluding hydrogens is 295 g/mol. The van der Waals surface area contributed by atoms with Crippen molar-refractivity contribution in [2.45, 2.75) is 44.2 Å². The van der Waals surface area contributed by atoms with Crippen LogP contribution in [-0.2, 0) is 14.8 Å². The van der Waals surface area contributed by atoms with Crippen LogP contribution in [0.3, 0.4) is 0 Å². The summed E-state index contributed by atoms with van der Waals surface area (Å²) in [7, 11) is -3.93. The monoisotopic (exact) mass is 316 g/mol. The van der Waals surface area contributed by atoms with E-state index in [1.807, 2.05) is 6.92 Å². The van der Waals surface area contributed by atoms with E-state index in [1.165, 1.54) is 10.4 Å². The van der Waals surface area contributed by atoms with Crippen molar-refractivity contribution in [3.05, 3.63) is 23.5 Å². The molecule has 0 amide bonds. The van der Waals surface area contributed by atoms with E-state index < -0.39 is 15.8 Å². The fraction of sp³-hybridized carbons (Fsp3) is 0.571. The van der Waals surface area contributed by atoms with Crippen LogP contribution in [0.25, 0.3) is 0 Å². The van der Waals surface area contributed by atoms with Crippen LogP contribution in [0.15, 0.2) is 17.0 Å². The number of aryl methyl sites for hydroxylation is 1. The quantitative estimate of drug-likeness (QED) is 0.865. The standard InChI is InChI=1S/C14H21FN2O3S/c1-4-11-8-20-10(3)7-17(11)21(18,19)14-6-13(16)9(2)5-12(14)15/h5-6,10-11H,4,7-8,16H2,1-3H3. The van der Waals surface area contributed by atoms with Crippen molar-refractivity contribution in [2.75, 3.05) is 18.9 Å². The van der Waals surface area contributed by atoms with Gasteiger partial charge in [-0.25, -0.2) is 12.8 Å². The lowest BCUT2D eigenvalue weighted by Gasteiger charge is -2.37. The number of benzene rings is 1. The van der Waals surface area contributed by atoms with Gasteiger partial charge in [0.25, 0.3) is 0 Å². The molecule has 0 aliphatic carbocycles. The minimum atomic E-state index is -3.93. The number of nitrogen functional groups attached to an aromatic ring is 1. The second-order valence-corrected chi connectivity index (χ2v) is 7.28. The maximum absolute atomic E-state index is 14.1. The largest absolute Gasteiger partial charge is 0.398 e. The van der Waals surface area contributed by atoms with Crippen LogP contribution < -0.4 is 5.73 Å². The summed E-state index contributed by atoms with van der Waals surface area (Å²) in [4.78, 5) is -0.363. The molecule has 2 N–H and O–H groups in total. The zero-order valence-corrected chi connectivity index (χ0v) is 13.3. The number of hydrogen-bond acceptors (Lipinski definition) is 4. The fourth-order valence-corrected chi connectivity index (χ4v) is 4.26. The number of hydrogen-bond donors (Lipinski definition) is 1. The van der Waals surface area contributed by atoms with Crippen LogP contribution in [0, 0.1) is 12.7 Å². The molecule has 2 rings (SSSR count). The van der Waals surface area contributed by atoms with Crippen molar-refractivity contribution in [2.24, 2.45) is 0 Å². The lowest BCUT2D eigenvalue weighted by molar-refractivity contribution is -0.0231. The molecule has 0 saturated carbocycles. The first-order valence-electron chi connectivity index (χ1n) is 6.96. The summed E-state index contributed by atoms with van der Waals surface area (Å²) < 4.78 is 46.5. The lowest BCUT2D eigenvalue weighted by atomic mass is 10.2. The molecule has 1 aromatic rings. The van der Waals surface area contributed by atoms with Crippen molar-refractivity contribution >= 4 is 15.7 Å². The number of ether oxygens (including phenoxy) is 1. The summed E-state index contributed by atoms with van der Waals surface area (Å²) in [6, 6.07) is 2.08. The van der Waals surface area contributed by atoms with E-state index in [4.69, 9.17) is 10.5 Å². The molecule has 21 heavy (non-hydrogen) atoms. The molecule has 0 spiro atoms. The number of halogens is 1. The molecule has 1 aliphatic heterocycles. The third kappa shape index (κ3) is 3.04. The number of nitrogens with two attached hydrogens (primary N) is 1. The summed E-state index contributed by atoms with van der Waals surface area (Å²) in [6.45, 7) is 5.86. The first-order valence-corrected chi connectivity index (χ1v) is 8.40. The Balaban J connectivity index is 2.47. The van der Waals surface area contributed by atoms with Crippen molar-refractivity contribution in [3.8, 4) is 0 Å². The fourth-order valence-electron chi connectivity index (χ4n) is 2.42. The first kappa shape index (κ1) is 16.2. The Morgan fingerprint density at radius 1 is 1.48 bits per heavy atom. The van der Waals surface area contributed by atoms with Crippen LogP contribution in [-0.4, -0.2) is 38.0 Å². The smallest absolute Gasteiger partial charge is 0.246 e. The van der Waals surface area contributed by atoms with E-state index in [2.05, 4.69) is 0 Å². The van der Waals surface area contributed by atoms with E-state index in [0.717, 1.165) is 6.07 Å². The van der Waals surface area contributed by atoms with Gasteiger partial charge in [0.1, 0.15) is 10.7 Å². The topological polar surface area (TPSA) is 72.6 Å². The highest BCUT2D eigenvalue weighted by Crippen LogP contribution is 2.28. The lowest BCUT2D eigenvalue weighted by Crippen LogP contribution is -2.51. The van der Waals surface area contributed by atoms with Crippen molar-refractivity contribution < 1.29 is 17.5 Å². The van der Waals surface area contributed by atoms with Gasteiger partial charge in [-0.1, -0.05) is 6.92 Å². The maximum Gasteiger partial charge on any atom is 0.246 e. The van der Waals surface area contributed by atoms with Gasteiger partial charge < -0.3 is 10.5 Å². The SMILES string of the molecule is CCC1COC(C)CN1S(=O)(=O)c1cc(N)c(C)cc1F. The summed E-state index contributed by atoms with van der Waals surface area (Å²) in [5.74, 6) is -0.768. The number of nitrogens with zero attached hydrogens (tertiary/aromatic N) is 1. The number of anilines is 1. The average Bonchev–Trinajstić information content (AvgIpc) is 2.42. The van der Waals surface area contributed by atoms with E-state index in [1.54, 1.807) is 13.8 Å². The molecule has 1 saturated heterocycles. The molecule has 5 nitrogen and oxygen atoms in total. The molecule has 0 aromatic heterocycles. The molecule has 2 atom stereocenters. The summed E-state index contributed by atoms with van der Waals surface area (Å²) >= 11 is 0. The Labute approximate surface area is 124 Å². The van der Waals surface area contributed by atoms with Gasteiger partial charge in [-0.05, 0) is 38.0 Å². The molecule has 0 bridgehead atoms. The normalized spacial score (nSPS) is 24.2. The van der Waals surface area contributed by atoms with Gasteiger partial charge in [0.2, 0.25) is 10.0 Å². The Hall–Kier alpha value is -1.18. The highest BCUT2D eigenvalue weighted by molar-refractivity contribution is 7.89. The van der Waals surface area contributed by atoms with Gasteiger partial charge in [-0.3, -0.25) is 0 Å². The minimum absolute atomic E-state index is 0.214. The van der Waals surface area contributed by atoms with Crippen LogP contribution in [0.4, 0.5) is 10.1 Å². The zero-order valence-electron chi connectivity index (χ0n) is 12.5. The third-order valence-corrected chi connectivity index (χ3v) is 5.73. The molecule has 1 aliphatic rings. The van der Waals surface area contributed by atoms with Gasteiger partial charge in [-0.15, -0.1) is 0 Å². The molecule has 1 aromatic carbocycles. The summed E-state index contributed by atoms with van der Waals surface area (Å²) in [5.41, 5.74) is 6.53. The third-order valence-electron chi connectivity index (χ3n) is 3.80. The van der Waals surface area contributed by atoms with Crippen LogP contribution in [0.5, 0.6) is 0 Å². The maximum atomic E-state index is 14.1. The van der Waals surface area contributed by atoms with E-state index >= 15 is 0 Å². The van der Waals surface area contributed by atoms with Crippen LogP contribution in [0.1, 0.15) is 25.8 Å². The van der Waals surface area contributed by atoms with Gasteiger partial charge in [0.15, 0.2) is 0 Å². The van der Waals surface area contributed by atoms with Gasteiger partial charge >= 0.3 is 0 Å². The molecule has 2 unspecified atom stereocenters. The molecule has 118 valence electrons. The summed E-state index contributed by atoms with van der Waals surface area (Å²) in [5, 5.41) is 0. The highest BCUT2D eigenvalue weighted by Gasteiger charge is 2.37. The summed E-state index contributed by atoms with van der Waals surface area (Å²) in [6.07, 6.45) is 0.392. The van der Waals surface area contributed by atoms with E-state index in [0.29, 0.717) is 18.6 Å². The van der Waals surface area contributed by atoms with Crippen molar-refractivity contribution in [1.82, 2.24) is 4.31 Å². The number of rotatable bonds is 3. The molecule has 1 fully saturated rings. The molecular formula is C14H21FN2O3S. The van der Waals surface area contributed by atoms with Gasteiger partial charge in [-0.2, -0.15) is 4.31 Å². The predicted molar refractivity (Wildman–Crippen MR) is 78.9 cm³/mol. The Bertz CT molecular complexity index is 633. The Morgan fingerprint density at radius 3 is 2.76 bits per heavy atom. The predicted octanol–water partition coefficient (Wildman–Crippen LogP) is 1.90. The average molecular weight is 316 g/mol. The van der Waals surface area contributed by atoms with Crippen molar-refractivity contribution in [3.63, 3.8) is 0 Å². The van der Waals surface area contributed by atoms with E-state index in [-0.39, 0.29) is 29.3 Å². The molecule has 7 heteroatoms. The highest BCUT2D eigenvalue weighted by atomic mass is 32.2. The molecule has 1 heterocycles. The van der Waals surface area contributed by atoms with Crippen molar-refractivity contribution in [1.29, 1.82) is 0 Å². The van der Waals surface area contributed by atoms with Crippen LogP contribution >= 0.6 is 0 Å². The number of morpholine rings is 1. The minimum Gasteiger partial charge on any atom is -0.398 e. The molecule has 0 radical (unpaired) electrons. The van der Waals surface area contributed by atoms with E-state index in [9.17, 15) is 12.8 Å². The second-order valence-electron chi connectivity index (χ2n) is 5.42. The van der Waals surface area contributed by atoms with Gasteiger partial charge in [0, 0.05) is 18.3 Å². The first-order chi connectivity index (χ1) is 9.77. The Kier molecular flexibility index (Phi) is 4.55.